The molecule has 1 saturated heterocycles. The zero-order valence-electron chi connectivity index (χ0n) is 47.2. The number of phosphoric ester groups is 2. The number of nitrogens with two attached hydrogens (primary N) is 2. The fraction of sp³-hybridized carbons (Fsp3) is 0.862. The van der Waals surface area contributed by atoms with Crippen LogP contribution in [0.5, 0.6) is 0 Å². The third kappa shape index (κ3) is 29.2. The Labute approximate surface area is 451 Å². The lowest BCUT2D eigenvalue weighted by molar-refractivity contribution is -0.227. The third-order valence-electron chi connectivity index (χ3n) is 15.7. The van der Waals surface area contributed by atoms with E-state index < -0.39 is 21.4 Å². The van der Waals surface area contributed by atoms with Crippen molar-refractivity contribution in [3.8, 4) is 0 Å². The molecule has 4 N–H and O–H groups in total. The molecule has 2 aliphatic carbocycles. The molecular formula is C58H108N4O10P2-2. The molecule has 0 aromatic heterocycles. The number of rotatable bonds is 46. The minimum Gasteiger partial charge on any atom is -0.756 e. The van der Waals surface area contributed by atoms with Crippen LogP contribution < -0.4 is 21.3 Å². The molecule has 2 saturated carbocycles. The van der Waals surface area contributed by atoms with Gasteiger partial charge in [0.25, 0.3) is 15.6 Å². The summed E-state index contributed by atoms with van der Waals surface area (Å²) in [6, 6.07) is -0.134. The predicted octanol–water partition coefficient (Wildman–Crippen LogP) is 12.7. The molecule has 16 heteroatoms. The van der Waals surface area contributed by atoms with Gasteiger partial charge in [-0.15, -0.1) is 0 Å². The van der Waals surface area contributed by atoms with Gasteiger partial charge in [-0.1, -0.05) is 152 Å². The van der Waals surface area contributed by atoms with Gasteiger partial charge in [0.15, 0.2) is 5.79 Å². The van der Waals surface area contributed by atoms with Crippen molar-refractivity contribution in [1.82, 2.24) is 9.80 Å². The number of hydrogen-bond donors (Lipinski definition) is 2. The fourth-order valence-corrected chi connectivity index (χ4v) is 12.6. The highest BCUT2D eigenvalue weighted by Crippen LogP contribution is 2.53. The molecule has 1 aliphatic heterocycles. The first-order valence-electron chi connectivity index (χ1n) is 29.8. The lowest BCUT2D eigenvalue weighted by atomic mass is 9.66. The van der Waals surface area contributed by atoms with Crippen LogP contribution in [0.2, 0.25) is 0 Å². The van der Waals surface area contributed by atoms with E-state index in [0.29, 0.717) is 31.3 Å². The van der Waals surface area contributed by atoms with E-state index in [1.165, 1.54) is 154 Å². The maximum absolute atomic E-state index is 12.3. The first kappa shape index (κ1) is 67.2. The zero-order chi connectivity index (χ0) is 53.6. The monoisotopic (exact) mass is 1080 g/mol. The van der Waals surface area contributed by atoms with Gasteiger partial charge in [-0.2, -0.15) is 0 Å². The predicted molar refractivity (Wildman–Crippen MR) is 301 cm³/mol. The van der Waals surface area contributed by atoms with Crippen LogP contribution in [0, 0.1) is 5.41 Å². The summed E-state index contributed by atoms with van der Waals surface area (Å²) in [6.45, 7) is 4.83. The summed E-state index contributed by atoms with van der Waals surface area (Å²) >= 11 is 0. The van der Waals surface area contributed by atoms with Crippen LogP contribution in [0.4, 0.5) is 0 Å². The number of phosphoric acid groups is 2. The molecule has 2 unspecified atom stereocenters. The molecule has 0 amide bonds. The average molecular weight is 1080 g/mol. The van der Waals surface area contributed by atoms with Crippen LogP contribution >= 0.6 is 15.6 Å². The number of ether oxygens (including phenoxy) is 2. The highest BCUT2D eigenvalue weighted by molar-refractivity contribution is 7.46. The van der Waals surface area contributed by atoms with Crippen LogP contribution in [-0.4, -0.2) is 107 Å². The molecule has 0 radical (unpaired) electrons. The number of unbranched alkanes of at least 4 members (excludes halogenated alkanes) is 18. The van der Waals surface area contributed by atoms with Gasteiger partial charge in [0, 0.05) is 51.1 Å². The van der Waals surface area contributed by atoms with Crippen molar-refractivity contribution in [3.63, 3.8) is 0 Å². The summed E-state index contributed by atoms with van der Waals surface area (Å²) in [7, 11) is -5.07. The van der Waals surface area contributed by atoms with E-state index in [2.05, 4.69) is 72.3 Å². The minimum atomic E-state index is -4.49. The molecule has 1 heterocycles. The highest BCUT2D eigenvalue weighted by atomic mass is 31.2. The Morgan fingerprint density at radius 1 is 0.500 bits per heavy atom. The third-order valence-corrected chi connectivity index (χ3v) is 17.7. The Morgan fingerprint density at radius 3 is 1.20 bits per heavy atom. The smallest absolute Gasteiger partial charge is 0.267 e. The largest absolute Gasteiger partial charge is 0.756 e. The van der Waals surface area contributed by atoms with Gasteiger partial charge in [0.1, 0.15) is 0 Å². The maximum atomic E-state index is 12.3. The van der Waals surface area contributed by atoms with E-state index in [9.17, 15) is 18.9 Å². The molecule has 432 valence electrons. The van der Waals surface area contributed by atoms with Crippen molar-refractivity contribution in [2.24, 2.45) is 16.9 Å². The van der Waals surface area contributed by atoms with E-state index in [0.717, 1.165) is 38.5 Å². The number of likely N-dealkylation sites (N-methyl/N-ethyl adjacent to an activating group) is 2. The van der Waals surface area contributed by atoms with Gasteiger partial charge < -0.3 is 48.8 Å². The van der Waals surface area contributed by atoms with Crippen molar-refractivity contribution in [2.75, 3.05) is 66.7 Å². The SMILES string of the molecule is CCCCC/C=C\C/C=C\CCCCCCCCC1(CCCCCCCC/C=C\C/C=C\CCCCC)CCC2(CC1)O[C@H]1C[C@@H](N(C)CCOP(=O)([O-])OCCN)[C@@H](N(C)CCOP(=O)([O-])OCCN)C[C@@H]1O2. The summed E-state index contributed by atoms with van der Waals surface area (Å²) in [6.07, 6.45) is 56.7. The molecule has 6 atom stereocenters. The normalized spacial score (nSPS) is 22.6. The Bertz CT molecular complexity index is 1520. The Balaban J connectivity index is 1.57. The summed E-state index contributed by atoms with van der Waals surface area (Å²) < 4.78 is 58.8. The fourth-order valence-electron chi connectivity index (χ4n) is 11.2. The van der Waals surface area contributed by atoms with Crippen molar-refractivity contribution in [3.05, 3.63) is 48.6 Å². The number of hydrogen-bond acceptors (Lipinski definition) is 14. The lowest BCUT2D eigenvalue weighted by Gasteiger charge is -2.45. The summed E-state index contributed by atoms with van der Waals surface area (Å²) in [4.78, 5) is 28.8. The van der Waals surface area contributed by atoms with Crippen molar-refractivity contribution in [2.45, 2.75) is 249 Å². The Kier molecular flexibility index (Phi) is 36.5. The Hall–Kier alpha value is -1.06. The van der Waals surface area contributed by atoms with Gasteiger partial charge >= 0.3 is 0 Å². The first-order valence-corrected chi connectivity index (χ1v) is 32.7. The quantitative estimate of drug-likeness (QED) is 0.0332. The summed E-state index contributed by atoms with van der Waals surface area (Å²) in [5.74, 6) is -0.620. The second-order valence-electron chi connectivity index (χ2n) is 21.8. The van der Waals surface area contributed by atoms with Crippen molar-refractivity contribution in [1.29, 1.82) is 0 Å². The van der Waals surface area contributed by atoms with E-state index in [1.807, 2.05) is 14.1 Å². The van der Waals surface area contributed by atoms with Crippen LogP contribution in [0.25, 0.3) is 0 Å². The van der Waals surface area contributed by atoms with E-state index >= 15 is 0 Å². The van der Waals surface area contributed by atoms with Crippen molar-refractivity contribution < 1.29 is 46.5 Å². The molecule has 0 aromatic carbocycles. The highest BCUT2D eigenvalue weighted by Gasteiger charge is 2.55. The molecule has 14 nitrogen and oxygen atoms in total. The number of nitrogens with zero attached hydrogens (tertiary/aromatic N) is 2. The minimum absolute atomic E-state index is 0.0663. The number of allylic oxidation sites excluding steroid dienone is 8. The van der Waals surface area contributed by atoms with Crippen molar-refractivity contribution >= 4 is 15.6 Å². The topological polar surface area (TPSA) is 194 Å². The van der Waals surface area contributed by atoms with Gasteiger partial charge in [0.2, 0.25) is 0 Å². The standard InChI is InChI=1S/C58H110N4O10P2/c1-5-7-9-11-13-15-17-19-21-23-25-27-29-31-33-35-37-57(38-36-34-32-30-28-26-24-22-20-18-16-14-12-10-8-6-2)39-41-58(42-40-57)71-55-51-53(61(3)45-49-69-73(63,64)67-47-43-59)54(52-56(55)72-58)62(4)46-50-70-74(65,66)68-48-44-60/h13-16,19-22,53-56H,5-12,17-18,23-52,59-60H2,1-4H3,(H,63,64)(H,65,66)/p-2/b15-13-,16-14-,21-19-,22-20-/t53-,54+,55-,56-/m0/s1. The molecule has 3 aliphatic rings. The second kappa shape index (κ2) is 40.2. The van der Waals surface area contributed by atoms with Crippen LogP contribution in [0.15, 0.2) is 48.6 Å². The van der Waals surface area contributed by atoms with Gasteiger partial charge in [-0.3, -0.25) is 18.9 Å². The molecule has 74 heavy (non-hydrogen) atoms. The van der Waals surface area contributed by atoms with Gasteiger partial charge in [0.05, 0.1) is 38.6 Å². The van der Waals surface area contributed by atoms with Crippen LogP contribution in [0.1, 0.15) is 219 Å². The first-order chi connectivity index (χ1) is 35.8. The van der Waals surface area contributed by atoms with E-state index in [-0.39, 0.29) is 63.8 Å². The van der Waals surface area contributed by atoms with E-state index in [4.69, 9.17) is 39.0 Å². The average Bonchev–Trinajstić information content (AvgIpc) is 3.74. The van der Waals surface area contributed by atoms with Crippen LogP contribution in [0.3, 0.4) is 0 Å². The lowest BCUT2D eigenvalue weighted by Crippen LogP contribution is -2.57. The maximum Gasteiger partial charge on any atom is 0.267 e. The summed E-state index contributed by atoms with van der Waals surface area (Å²) in [5.41, 5.74) is 11.2. The Morgan fingerprint density at radius 2 is 0.838 bits per heavy atom. The van der Waals surface area contributed by atoms with Gasteiger partial charge in [-0.25, -0.2) is 0 Å². The zero-order valence-corrected chi connectivity index (χ0v) is 49.0. The molecule has 1 spiro atoms. The second-order valence-corrected chi connectivity index (χ2v) is 24.6. The number of fused-ring (bicyclic) bond motifs is 1. The molecule has 0 bridgehead atoms. The molecule has 3 rings (SSSR count). The van der Waals surface area contributed by atoms with Crippen LogP contribution in [-0.2, 0) is 36.7 Å². The molecule has 0 aromatic rings. The molecular weight excluding hydrogens is 975 g/mol. The van der Waals surface area contributed by atoms with E-state index in [1.54, 1.807) is 0 Å². The summed E-state index contributed by atoms with van der Waals surface area (Å²) in [5, 5.41) is 0. The van der Waals surface area contributed by atoms with Gasteiger partial charge in [-0.05, 0) is 122 Å². The molecule has 3 fully saturated rings.